The Hall–Kier alpha value is -2.91. The molecule has 0 atom stereocenters. The van der Waals surface area contributed by atoms with Crippen LogP contribution in [0.4, 0.5) is 5.69 Å². The van der Waals surface area contributed by atoms with E-state index in [4.69, 9.17) is 21.1 Å². The van der Waals surface area contributed by atoms with Crippen molar-refractivity contribution in [1.29, 1.82) is 0 Å². The number of methoxy groups -OCH3 is 2. The third-order valence-corrected chi connectivity index (χ3v) is 5.42. The molecule has 0 radical (unpaired) electrons. The van der Waals surface area contributed by atoms with E-state index in [1.165, 1.54) is 29.5 Å². The van der Waals surface area contributed by atoms with Crippen molar-refractivity contribution in [3.63, 3.8) is 0 Å². The number of aryl methyl sites for hydroxylation is 1. The average molecular weight is 422 g/mol. The first-order valence-electron chi connectivity index (χ1n) is 8.18. The number of nitro groups is 1. The van der Waals surface area contributed by atoms with Crippen LogP contribution in [-0.4, -0.2) is 29.6 Å². The molecule has 0 fully saturated rings. The highest BCUT2D eigenvalue weighted by Gasteiger charge is 2.21. The normalized spacial score (nSPS) is 11.6. The Morgan fingerprint density at radius 1 is 1.25 bits per heavy atom. The summed E-state index contributed by atoms with van der Waals surface area (Å²) in [4.78, 5) is 27.9. The number of hydrogen-bond acceptors (Lipinski definition) is 6. The molecular weight excluding hydrogens is 406 g/mol. The van der Waals surface area contributed by atoms with Crippen LogP contribution in [0.15, 0.2) is 35.3 Å². The summed E-state index contributed by atoms with van der Waals surface area (Å²) in [5.41, 5.74) is 0.218. The molecular formula is C18H16ClN3O5S. The predicted molar refractivity (Wildman–Crippen MR) is 107 cm³/mol. The Morgan fingerprint density at radius 3 is 2.54 bits per heavy atom. The van der Waals surface area contributed by atoms with Gasteiger partial charge in [0, 0.05) is 17.6 Å². The molecule has 0 unspecified atom stereocenters. The highest BCUT2D eigenvalue weighted by atomic mass is 35.5. The molecule has 1 aromatic heterocycles. The van der Waals surface area contributed by atoms with Gasteiger partial charge in [-0.2, -0.15) is 4.99 Å². The van der Waals surface area contributed by atoms with Gasteiger partial charge in [-0.05, 0) is 31.2 Å². The molecule has 0 N–H and O–H groups in total. The average Bonchev–Trinajstić information content (AvgIpc) is 3.04. The number of hydrogen-bond donors (Lipinski definition) is 0. The van der Waals surface area contributed by atoms with E-state index >= 15 is 0 Å². The first-order valence-corrected chi connectivity index (χ1v) is 9.38. The molecule has 0 spiro atoms. The van der Waals surface area contributed by atoms with Crippen LogP contribution in [0.2, 0.25) is 5.02 Å². The number of fused-ring (bicyclic) bond motifs is 1. The minimum absolute atomic E-state index is 0.170. The lowest BCUT2D eigenvalue weighted by Gasteiger charge is -2.08. The number of nitrogens with zero attached hydrogens (tertiary/aromatic N) is 3. The molecule has 3 aromatic rings. The number of aromatic nitrogens is 1. The zero-order chi connectivity index (χ0) is 20.4. The molecule has 10 heteroatoms. The van der Waals surface area contributed by atoms with Gasteiger partial charge in [0.2, 0.25) is 0 Å². The van der Waals surface area contributed by atoms with Gasteiger partial charge in [-0.3, -0.25) is 14.9 Å². The standard InChI is InChI=1S/C18H16ClN3O5S/c1-4-21-15-13(26-2)7-8-14(27-3)16(15)28-18(21)20-17(23)11-9-10(19)5-6-12(11)22(24)25/h5-9H,4H2,1-3H3. The maximum atomic E-state index is 12.7. The highest BCUT2D eigenvalue weighted by molar-refractivity contribution is 7.16. The van der Waals surface area contributed by atoms with Crippen molar-refractivity contribution < 1.29 is 19.2 Å². The number of amides is 1. The van der Waals surface area contributed by atoms with Crippen LogP contribution < -0.4 is 14.3 Å². The van der Waals surface area contributed by atoms with Crippen molar-refractivity contribution in [3.05, 3.63) is 55.8 Å². The van der Waals surface area contributed by atoms with Gasteiger partial charge in [0.15, 0.2) is 4.80 Å². The van der Waals surface area contributed by atoms with Crippen molar-refractivity contribution in [2.24, 2.45) is 4.99 Å². The molecule has 0 aliphatic rings. The number of halogens is 1. The van der Waals surface area contributed by atoms with Crippen molar-refractivity contribution >= 4 is 44.7 Å². The lowest BCUT2D eigenvalue weighted by atomic mass is 10.2. The number of carbonyl (C=O) groups excluding carboxylic acids is 1. The topological polar surface area (TPSA) is 96.0 Å². The third-order valence-electron chi connectivity index (χ3n) is 4.09. The van der Waals surface area contributed by atoms with Crippen LogP contribution in [0.3, 0.4) is 0 Å². The second-order valence-electron chi connectivity index (χ2n) is 5.61. The van der Waals surface area contributed by atoms with Gasteiger partial charge in [-0.15, -0.1) is 0 Å². The van der Waals surface area contributed by atoms with E-state index in [9.17, 15) is 14.9 Å². The Balaban J connectivity index is 2.27. The van der Waals surface area contributed by atoms with Crippen LogP contribution >= 0.6 is 22.9 Å². The van der Waals surface area contributed by atoms with E-state index in [1.54, 1.807) is 30.9 Å². The van der Waals surface area contributed by atoms with E-state index in [0.717, 1.165) is 10.2 Å². The fraction of sp³-hybridized carbons (Fsp3) is 0.222. The summed E-state index contributed by atoms with van der Waals surface area (Å²) in [5, 5.41) is 11.5. The summed E-state index contributed by atoms with van der Waals surface area (Å²) < 4.78 is 13.4. The van der Waals surface area contributed by atoms with Crippen LogP contribution in [-0.2, 0) is 6.54 Å². The largest absolute Gasteiger partial charge is 0.495 e. The van der Waals surface area contributed by atoms with Gasteiger partial charge in [-0.25, -0.2) is 0 Å². The minimum atomic E-state index is -0.749. The summed E-state index contributed by atoms with van der Waals surface area (Å²) >= 11 is 7.16. The number of ether oxygens (including phenoxy) is 2. The number of rotatable bonds is 5. The maximum Gasteiger partial charge on any atom is 0.286 e. The molecule has 0 saturated carbocycles. The maximum absolute atomic E-state index is 12.7. The number of benzene rings is 2. The van der Waals surface area contributed by atoms with Crippen molar-refractivity contribution in [3.8, 4) is 11.5 Å². The smallest absolute Gasteiger partial charge is 0.286 e. The summed E-state index contributed by atoms with van der Waals surface area (Å²) in [7, 11) is 3.10. The van der Waals surface area contributed by atoms with E-state index < -0.39 is 10.8 Å². The summed E-state index contributed by atoms with van der Waals surface area (Å²) in [6.45, 7) is 2.41. The van der Waals surface area contributed by atoms with Crippen LogP contribution in [0.5, 0.6) is 11.5 Å². The Labute approximate surface area is 168 Å². The zero-order valence-electron chi connectivity index (χ0n) is 15.3. The van der Waals surface area contributed by atoms with Gasteiger partial charge in [0.1, 0.15) is 27.3 Å². The summed E-state index contributed by atoms with van der Waals surface area (Å²) in [5.74, 6) is 0.475. The van der Waals surface area contributed by atoms with E-state index in [-0.39, 0.29) is 16.3 Å². The van der Waals surface area contributed by atoms with Gasteiger partial charge >= 0.3 is 0 Å². The van der Waals surface area contributed by atoms with Crippen molar-refractivity contribution in [2.45, 2.75) is 13.5 Å². The number of carbonyl (C=O) groups is 1. The van der Waals surface area contributed by atoms with Crippen LogP contribution in [0.1, 0.15) is 17.3 Å². The molecule has 0 bridgehead atoms. The van der Waals surface area contributed by atoms with Crippen molar-refractivity contribution in [1.82, 2.24) is 4.57 Å². The van der Waals surface area contributed by atoms with Crippen molar-refractivity contribution in [2.75, 3.05) is 14.2 Å². The quantitative estimate of drug-likeness (QED) is 0.457. The lowest BCUT2D eigenvalue weighted by Crippen LogP contribution is -2.16. The first-order chi connectivity index (χ1) is 13.4. The summed E-state index contributed by atoms with van der Waals surface area (Å²) in [6, 6.07) is 7.34. The minimum Gasteiger partial charge on any atom is -0.495 e. The Morgan fingerprint density at radius 2 is 1.93 bits per heavy atom. The van der Waals surface area contributed by atoms with E-state index in [1.807, 2.05) is 6.92 Å². The van der Waals surface area contributed by atoms with E-state index in [2.05, 4.69) is 4.99 Å². The second kappa shape index (κ2) is 7.99. The van der Waals surface area contributed by atoms with Gasteiger partial charge in [0.05, 0.1) is 19.1 Å². The number of thiazole rings is 1. The fourth-order valence-corrected chi connectivity index (χ4v) is 4.19. The number of nitro benzene ring substituents is 1. The first kappa shape index (κ1) is 19.8. The highest BCUT2D eigenvalue weighted by Crippen LogP contribution is 2.35. The lowest BCUT2D eigenvalue weighted by molar-refractivity contribution is -0.385. The molecule has 0 saturated heterocycles. The molecule has 1 amide bonds. The zero-order valence-corrected chi connectivity index (χ0v) is 16.8. The predicted octanol–water partition coefficient (Wildman–Crippen LogP) is 4.04. The monoisotopic (exact) mass is 421 g/mol. The molecule has 1 heterocycles. The Kier molecular flexibility index (Phi) is 5.66. The van der Waals surface area contributed by atoms with Gasteiger partial charge in [0.25, 0.3) is 11.6 Å². The molecule has 28 heavy (non-hydrogen) atoms. The summed E-state index contributed by atoms with van der Waals surface area (Å²) in [6.07, 6.45) is 0. The Bertz CT molecular complexity index is 1150. The second-order valence-corrected chi connectivity index (χ2v) is 7.03. The van der Waals surface area contributed by atoms with Gasteiger partial charge in [-0.1, -0.05) is 22.9 Å². The molecule has 8 nitrogen and oxygen atoms in total. The van der Waals surface area contributed by atoms with Gasteiger partial charge < -0.3 is 14.0 Å². The van der Waals surface area contributed by atoms with Crippen LogP contribution in [0, 0.1) is 10.1 Å². The molecule has 0 aliphatic heterocycles. The molecule has 3 rings (SSSR count). The molecule has 2 aromatic carbocycles. The SMILES string of the molecule is CCn1c(=NC(=O)c2cc(Cl)ccc2[N+](=O)[O-])sc2c(OC)ccc(OC)c21. The fourth-order valence-electron chi connectivity index (χ4n) is 2.82. The van der Waals surface area contributed by atoms with E-state index in [0.29, 0.717) is 22.8 Å². The molecule has 146 valence electrons. The third kappa shape index (κ3) is 3.46. The van der Waals surface area contributed by atoms with Crippen LogP contribution in [0.25, 0.3) is 10.2 Å². The molecule has 0 aliphatic carbocycles.